The number of hydrogen-bond acceptors (Lipinski definition) is 2. The zero-order chi connectivity index (χ0) is 6.53. The Balaban J connectivity index is 2.39. The Bertz CT molecular complexity index is 127. The van der Waals surface area contributed by atoms with Gasteiger partial charge in [-0.2, -0.15) is 0 Å². The normalized spacial score (nSPS) is 20.2. The van der Waals surface area contributed by atoms with Crippen LogP contribution in [0.25, 0.3) is 0 Å². The maximum Gasteiger partial charge on any atom is 0.158 e. The Morgan fingerprint density at radius 3 is 3.22 bits per heavy atom. The molecule has 0 saturated heterocycles. The first-order valence-electron chi connectivity index (χ1n) is 3.20. The van der Waals surface area contributed by atoms with Crippen LogP contribution in [0, 0.1) is 0 Å². The molecule has 2 heteroatoms. The molecule has 0 fully saturated rings. The van der Waals surface area contributed by atoms with Gasteiger partial charge in [0.1, 0.15) is 0 Å². The first-order valence-corrected chi connectivity index (χ1v) is 3.20. The highest BCUT2D eigenvalue weighted by Crippen LogP contribution is 2.01. The monoisotopic (exact) mass is 126 g/mol. The van der Waals surface area contributed by atoms with Crippen molar-refractivity contribution >= 4 is 5.78 Å². The number of ketones is 1. The summed E-state index contributed by atoms with van der Waals surface area (Å²) in [5.41, 5.74) is 0. The summed E-state index contributed by atoms with van der Waals surface area (Å²) in [6.07, 6.45) is 5.62. The molecule has 2 nitrogen and oxygen atoms in total. The van der Waals surface area contributed by atoms with Crippen molar-refractivity contribution in [3.05, 3.63) is 12.3 Å². The van der Waals surface area contributed by atoms with Crippen molar-refractivity contribution < 1.29 is 9.53 Å². The molecule has 0 spiro atoms. The van der Waals surface area contributed by atoms with Crippen LogP contribution in [0.1, 0.15) is 19.3 Å². The topological polar surface area (TPSA) is 26.3 Å². The predicted octanol–water partition coefficient (Wildman–Crippen LogP) is 1.27. The summed E-state index contributed by atoms with van der Waals surface area (Å²) in [4.78, 5) is 10.7. The lowest BCUT2D eigenvalue weighted by Crippen LogP contribution is -1.98. The van der Waals surface area contributed by atoms with Crippen molar-refractivity contribution in [3.8, 4) is 0 Å². The maximum absolute atomic E-state index is 10.7. The van der Waals surface area contributed by atoms with Crippen LogP contribution in [0.5, 0.6) is 0 Å². The number of hydrogen-bond donors (Lipinski definition) is 0. The fourth-order valence-corrected chi connectivity index (χ4v) is 0.760. The minimum Gasteiger partial charge on any atom is -0.501 e. The minimum absolute atomic E-state index is 0.176. The average molecular weight is 126 g/mol. The fraction of sp³-hybridized carbons (Fsp3) is 0.571. The van der Waals surface area contributed by atoms with E-state index in [-0.39, 0.29) is 5.78 Å². The molecule has 0 amide bonds. The first kappa shape index (κ1) is 6.33. The maximum atomic E-state index is 10.7. The fourth-order valence-electron chi connectivity index (χ4n) is 0.760. The lowest BCUT2D eigenvalue weighted by atomic mass is 10.2. The number of rotatable bonds is 0. The smallest absolute Gasteiger partial charge is 0.158 e. The van der Waals surface area contributed by atoms with Crippen LogP contribution in [-0.2, 0) is 9.53 Å². The molecule has 50 valence electrons. The van der Waals surface area contributed by atoms with E-state index in [4.69, 9.17) is 4.74 Å². The van der Waals surface area contributed by atoms with Gasteiger partial charge in [0.25, 0.3) is 0 Å². The van der Waals surface area contributed by atoms with Crippen molar-refractivity contribution in [1.82, 2.24) is 0 Å². The van der Waals surface area contributed by atoms with E-state index >= 15 is 0 Å². The highest BCUT2D eigenvalue weighted by atomic mass is 16.5. The van der Waals surface area contributed by atoms with Gasteiger partial charge < -0.3 is 4.74 Å². The molecule has 9 heavy (non-hydrogen) atoms. The van der Waals surface area contributed by atoms with Gasteiger partial charge in [-0.05, 0) is 12.8 Å². The van der Waals surface area contributed by atoms with Crippen molar-refractivity contribution in [2.24, 2.45) is 0 Å². The van der Waals surface area contributed by atoms with Crippen molar-refractivity contribution in [3.63, 3.8) is 0 Å². The lowest BCUT2D eigenvalue weighted by molar-refractivity contribution is -0.115. The molecule has 0 unspecified atom stereocenters. The van der Waals surface area contributed by atoms with Gasteiger partial charge in [-0.1, -0.05) is 0 Å². The average Bonchev–Trinajstić information content (AvgIpc) is 1.79. The number of carbonyl (C=O) groups excluding carboxylic acids is 1. The van der Waals surface area contributed by atoms with Crippen LogP contribution >= 0.6 is 0 Å². The van der Waals surface area contributed by atoms with Crippen LogP contribution < -0.4 is 0 Å². The minimum atomic E-state index is 0.176. The quantitative estimate of drug-likeness (QED) is 0.488. The zero-order valence-corrected chi connectivity index (χ0v) is 5.30. The Morgan fingerprint density at radius 2 is 2.33 bits per heavy atom. The molecule has 1 heterocycles. The molecular formula is C7H10O2. The predicted molar refractivity (Wildman–Crippen MR) is 33.9 cm³/mol. The van der Waals surface area contributed by atoms with Gasteiger partial charge >= 0.3 is 0 Å². The van der Waals surface area contributed by atoms with Crippen LogP contribution in [0.3, 0.4) is 0 Å². The Hall–Kier alpha value is -0.790. The van der Waals surface area contributed by atoms with Crippen molar-refractivity contribution in [2.45, 2.75) is 19.3 Å². The molecule has 0 aromatic heterocycles. The van der Waals surface area contributed by atoms with E-state index in [1.807, 2.05) is 0 Å². The van der Waals surface area contributed by atoms with Gasteiger partial charge in [0, 0.05) is 12.5 Å². The first-order chi connectivity index (χ1) is 4.39. The summed E-state index contributed by atoms with van der Waals surface area (Å²) < 4.78 is 4.94. The van der Waals surface area contributed by atoms with E-state index < -0.39 is 0 Å². The lowest BCUT2D eigenvalue weighted by Gasteiger charge is -2.02. The van der Waals surface area contributed by atoms with Gasteiger partial charge in [0.15, 0.2) is 5.78 Å². The second-order valence-corrected chi connectivity index (χ2v) is 2.10. The third kappa shape index (κ3) is 2.31. The Morgan fingerprint density at radius 1 is 1.44 bits per heavy atom. The molecule has 0 aromatic carbocycles. The van der Waals surface area contributed by atoms with E-state index in [1.54, 1.807) is 0 Å². The van der Waals surface area contributed by atoms with E-state index in [1.165, 1.54) is 12.3 Å². The molecular weight excluding hydrogens is 116 g/mol. The van der Waals surface area contributed by atoms with Gasteiger partial charge in [0.2, 0.25) is 0 Å². The zero-order valence-electron chi connectivity index (χ0n) is 5.30. The standard InChI is InChI=1S/C7H10O2/c8-7-3-1-2-5-9-6-4-7/h4,6H,1-3,5H2. The van der Waals surface area contributed by atoms with Gasteiger partial charge in [-0.25, -0.2) is 0 Å². The molecule has 0 bridgehead atoms. The van der Waals surface area contributed by atoms with Gasteiger partial charge in [0.05, 0.1) is 12.9 Å². The van der Waals surface area contributed by atoms with Gasteiger partial charge in [-0.15, -0.1) is 0 Å². The summed E-state index contributed by atoms with van der Waals surface area (Å²) in [5, 5.41) is 0. The molecule has 0 saturated carbocycles. The molecule has 0 radical (unpaired) electrons. The Labute approximate surface area is 54.5 Å². The van der Waals surface area contributed by atoms with Crippen LogP contribution in [-0.4, -0.2) is 12.4 Å². The number of ether oxygens (including phenoxy) is 1. The SMILES string of the molecule is O=C1C=COCCCC1. The molecule has 0 aromatic rings. The van der Waals surface area contributed by atoms with Crippen LogP contribution in [0.15, 0.2) is 12.3 Å². The molecule has 0 N–H and O–H groups in total. The van der Waals surface area contributed by atoms with E-state index in [0.29, 0.717) is 6.42 Å². The molecule has 1 aliphatic rings. The highest BCUT2D eigenvalue weighted by Gasteiger charge is 1.98. The van der Waals surface area contributed by atoms with Crippen LogP contribution in [0.4, 0.5) is 0 Å². The third-order valence-corrected chi connectivity index (χ3v) is 1.29. The summed E-state index contributed by atoms with van der Waals surface area (Å²) in [6, 6.07) is 0. The molecule has 1 aliphatic heterocycles. The van der Waals surface area contributed by atoms with Crippen molar-refractivity contribution in [1.29, 1.82) is 0 Å². The molecule has 0 aliphatic carbocycles. The van der Waals surface area contributed by atoms with E-state index in [0.717, 1.165) is 19.4 Å². The molecule has 1 rings (SSSR count). The number of carbonyl (C=O) groups is 1. The molecule has 0 atom stereocenters. The van der Waals surface area contributed by atoms with E-state index in [9.17, 15) is 4.79 Å². The van der Waals surface area contributed by atoms with Gasteiger partial charge in [-0.3, -0.25) is 4.79 Å². The van der Waals surface area contributed by atoms with E-state index in [2.05, 4.69) is 0 Å². The summed E-state index contributed by atoms with van der Waals surface area (Å²) >= 11 is 0. The largest absolute Gasteiger partial charge is 0.501 e. The van der Waals surface area contributed by atoms with Crippen LogP contribution in [0.2, 0.25) is 0 Å². The summed E-state index contributed by atoms with van der Waals surface area (Å²) in [6.45, 7) is 0.754. The summed E-state index contributed by atoms with van der Waals surface area (Å²) in [5.74, 6) is 0.176. The van der Waals surface area contributed by atoms with Crippen molar-refractivity contribution in [2.75, 3.05) is 6.61 Å². The summed E-state index contributed by atoms with van der Waals surface area (Å²) in [7, 11) is 0. The Kier molecular flexibility index (Phi) is 2.31. The second-order valence-electron chi connectivity index (χ2n) is 2.10. The third-order valence-electron chi connectivity index (χ3n) is 1.29. The number of allylic oxidation sites excluding steroid dienone is 1. The highest BCUT2D eigenvalue weighted by molar-refractivity contribution is 5.89. The second kappa shape index (κ2) is 3.28.